The molecule has 1 aliphatic rings. The topological polar surface area (TPSA) is 45.8 Å². The molecule has 2 aromatic rings. The van der Waals surface area contributed by atoms with E-state index in [2.05, 4.69) is 25.9 Å². The van der Waals surface area contributed by atoms with Crippen molar-refractivity contribution in [1.82, 2.24) is 9.97 Å². The highest BCUT2D eigenvalue weighted by Crippen LogP contribution is 2.41. The van der Waals surface area contributed by atoms with Gasteiger partial charge in [0.25, 0.3) is 5.56 Å². The van der Waals surface area contributed by atoms with Crippen LogP contribution in [0.5, 0.6) is 0 Å². The predicted molar refractivity (Wildman–Crippen MR) is 73.7 cm³/mol. The third kappa shape index (κ3) is 2.76. The minimum Gasteiger partial charge on any atom is -0.309 e. The number of halogens is 2. The lowest BCUT2D eigenvalue weighted by atomic mass is 10.1. The molecule has 1 aromatic heterocycles. The summed E-state index contributed by atoms with van der Waals surface area (Å²) in [6, 6.07) is 6.33. The summed E-state index contributed by atoms with van der Waals surface area (Å²) in [6.45, 7) is 0. The summed E-state index contributed by atoms with van der Waals surface area (Å²) in [7, 11) is 0. The Morgan fingerprint density at radius 2 is 2.21 bits per heavy atom. The van der Waals surface area contributed by atoms with E-state index in [9.17, 15) is 9.18 Å². The maximum absolute atomic E-state index is 13.1. The second kappa shape index (κ2) is 4.89. The summed E-state index contributed by atoms with van der Waals surface area (Å²) in [5, 5.41) is 0. The fraction of sp³-hybridized carbons (Fsp3) is 0.286. The highest BCUT2D eigenvalue weighted by Gasteiger charge is 2.28. The van der Waals surface area contributed by atoms with Crippen molar-refractivity contribution in [2.24, 2.45) is 0 Å². The van der Waals surface area contributed by atoms with Crippen molar-refractivity contribution in [3.8, 4) is 0 Å². The Balaban J connectivity index is 1.95. The van der Waals surface area contributed by atoms with Crippen molar-refractivity contribution < 1.29 is 4.39 Å². The van der Waals surface area contributed by atoms with Crippen LogP contribution >= 0.6 is 15.9 Å². The van der Waals surface area contributed by atoms with Crippen molar-refractivity contribution in [3.63, 3.8) is 0 Å². The van der Waals surface area contributed by atoms with E-state index < -0.39 is 0 Å². The number of hydrogen-bond donors (Lipinski definition) is 1. The van der Waals surface area contributed by atoms with Gasteiger partial charge >= 0.3 is 0 Å². The molecule has 5 heteroatoms. The first-order valence-electron chi connectivity index (χ1n) is 6.16. The van der Waals surface area contributed by atoms with E-state index in [4.69, 9.17) is 0 Å². The summed E-state index contributed by atoms with van der Waals surface area (Å²) >= 11 is 3.29. The van der Waals surface area contributed by atoms with Crippen LogP contribution in [-0.2, 0) is 6.42 Å². The smallest absolute Gasteiger partial charge is 0.265 e. The van der Waals surface area contributed by atoms with Gasteiger partial charge in [-0.1, -0.05) is 12.1 Å². The predicted octanol–water partition coefficient (Wildman–Crippen LogP) is 3.14. The second-order valence-corrected chi connectivity index (χ2v) is 5.59. The van der Waals surface area contributed by atoms with Crippen LogP contribution in [0.4, 0.5) is 4.39 Å². The SMILES string of the molecule is O=c1[nH]c(Cc2cccc(F)c2)nc(C2CC2)c1Br. The zero-order chi connectivity index (χ0) is 13.4. The largest absolute Gasteiger partial charge is 0.309 e. The van der Waals surface area contributed by atoms with Gasteiger partial charge in [-0.05, 0) is 46.5 Å². The molecule has 0 amide bonds. The molecule has 1 fully saturated rings. The molecule has 0 radical (unpaired) electrons. The van der Waals surface area contributed by atoms with E-state index in [0.29, 0.717) is 22.6 Å². The number of H-pyrrole nitrogens is 1. The van der Waals surface area contributed by atoms with Gasteiger partial charge in [0.1, 0.15) is 16.1 Å². The fourth-order valence-electron chi connectivity index (χ4n) is 2.08. The molecular weight excluding hydrogens is 311 g/mol. The number of aromatic nitrogens is 2. The number of benzene rings is 1. The number of nitrogens with one attached hydrogen (secondary N) is 1. The van der Waals surface area contributed by atoms with E-state index in [1.807, 2.05) is 6.07 Å². The van der Waals surface area contributed by atoms with Crippen molar-refractivity contribution >= 4 is 15.9 Å². The monoisotopic (exact) mass is 322 g/mol. The third-order valence-corrected chi connectivity index (χ3v) is 3.93. The second-order valence-electron chi connectivity index (χ2n) is 4.79. The third-order valence-electron chi connectivity index (χ3n) is 3.16. The highest BCUT2D eigenvalue weighted by atomic mass is 79.9. The Morgan fingerprint density at radius 1 is 1.42 bits per heavy atom. The molecule has 3 rings (SSSR count). The molecule has 19 heavy (non-hydrogen) atoms. The van der Waals surface area contributed by atoms with Crippen molar-refractivity contribution in [2.75, 3.05) is 0 Å². The molecule has 0 bridgehead atoms. The van der Waals surface area contributed by atoms with E-state index in [1.165, 1.54) is 12.1 Å². The van der Waals surface area contributed by atoms with Crippen LogP contribution in [0, 0.1) is 5.82 Å². The molecule has 1 N–H and O–H groups in total. The van der Waals surface area contributed by atoms with Gasteiger partial charge in [-0.25, -0.2) is 9.37 Å². The lowest BCUT2D eigenvalue weighted by Crippen LogP contribution is -2.15. The maximum atomic E-state index is 13.1. The molecule has 1 saturated carbocycles. The van der Waals surface area contributed by atoms with Gasteiger partial charge in [0.2, 0.25) is 0 Å². The number of aromatic amines is 1. The standard InChI is InChI=1S/C14H12BrFN2O/c15-12-13(9-4-5-9)17-11(18-14(12)19)7-8-2-1-3-10(16)6-8/h1-3,6,9H,4-5,7H2,(H,17,18,19). The molecule has 3 nitrogen and oxygen atoms in total. The molecule has 98 valence electrons. The number of hydrogen-bond acceptors (Lipinski definition) is 2. The lowest BCUT2D eigenvalue weighted by molar-refractivity contribution is 0.625. The lowest BCUT2D eigenvalue weighted by Gasteiger charge is -2.06. The summed E-state index contributed by atoms with van der Waals surface area (Å²) in [5.74, 6) is 0.697. The Hall–Kier alpha value is -1.49. The van der Waals surface area contributed by atoms with Crippen molar-refractivity contribution in [1.29, 1.82) is 0 Å². The van der Waals surface area contributed by atoms with E-state index in [0.717, 1.165) is 24.1 Å². The molecule has 0 spiro atoms. The van der Waals surface area contributed by atoms with Crippen molar-refractivity contribution in [2.45, 2.75) is 25.2 Å². The Kier molecular flexibility index (Phi) is 3.22. The molecular formula is C14H12BrFN2O. The van der Waals surface area contributed by atoms with Gasteiger partial charge in [0.15, 0.2) is 0 Å². The molecule has 0 unspecified atom stereocenters. The Labute approximate surface area is 118 Å². The normalized spacial score (nSPS) is 14.6. The van der Waals surface area contributed by atoms with Crippen LogP contribution < -0.4 is 5.56 Å². The van der Waals surface area contributed by atoms with Gasteiger partial charge in [-0.15, -0.1) is 0 Å². The van der Waals surface area contributed by atoms with Crippen LogP contribution in [-0.4, -0.2) is 9.97 Å². The minimum absolute atomic E-state index is 0.164. The maximum Gasteiger partial charge on any atom is 0.265 e. The summed E-state index contributed by atoms with van der Waals surface area (Å²) in [4.78, 5) is 19.1. The van der Waals surface area contributed by atoms with E-state index in [1.54, 1.807) is 6.07 Å². The van der Waals surface area contributed by atoms with Crippen LogP contribution in [0.25, 0.3) is 0 Å². The molecule has 0 atom stereocenters. The van der Waals surface area contributed by atoms with Crippen LogP contribution in [0.1, 0.15) is 35.8 Å². The Morgan fingerprint density at radius 3 is 2.89 bits per heavy atom. The van der Waals surface area contributed by atoms with Crippen molar-refractivity contribution in [3.05, 3.63) is 62.0 Å². The molecule has 0 aliphatic heterocycles. The average molecular weight is 323 g/mol. The van der Waals surface area contributed by atoms with Gasteiger partial charge in [0.05, 0.1) is 5.69 Å². The first-order valence-corrected chi connectivity index (χ1v) is 6.96. The van der Waals surface area contributed by atoms with E-state index in [-0.39, 0.29) is 11.4 Å². The van der Waals surface area contributed by atoms with Gasteiger partial charge in [0, 0.05) is 12.3 Å². The summed E-state index contributed by atoms with van der Waals surface area (Å²) in [6.07, 6.45) is 2.59. The van der Waals surface area contributed by atoms with Crippen LogP contribution in [0.15, 0.2) is 33.5 Å². The summed E-state index contributed by atoms with van der Waals surface area (Å²) in [5.41, 5.74) is 1.46. The summed E-state index contributed by atoms with van der Waals surface area (Å²) < 4.78 is 13.7. The fourth-order valence-corrected chi connectivity index (χ4v) is 2.59. The van der Waals surface area contributed by atoms with Gasteiger partial charge in [-0.2, -0.15) is 0 Å². The Bertz CT molecular complexity index is 679. The average Bonchev–Trinajstić information content (AvgIpc) is 3.18. The zero-order valence-electron chi connectivity index (χ0n) is 10.1. The van der Waals surface area contributed by atoms with E-state index >= 15 is 0 Å². The molecule has 0 saturated heterocycles. The quantitative estimate of drug-likeness (QED) is 0.943. The van der Waals surface area contributed by atoms with Crippen LogP contribution in [0.3, 0.4) is 0 Å². The first kappa shape index (κ1) is 12.5. The van der Waals surface area contributed by atoms with Crippen LogP contribution in [0.2, 0.25) is 0 Å². The molecule has 1 aliphatic carbocycles. The molecule has 1 aromatic carbocycles. The van der Waals surface area contributed by atoms with Gasteiger partial charge < -0.3 is 4.98 Å². The highest BCUT2D eigenvalue weighted by molar-refractivity contribution is 9.10. The zero-order valence-corrected chi connectivity index (χ0v) is 11.7. The first-order chi connectivity index (χ1) is 9.13. The van der Waals surface area contributed by atoms with Gasteiger partial charge in [-0.3, -0.25) is 4.79 Å². The number of rotatable bonds is 3. The minimum atomic E-state index is -0.278. The number of nitrogens with zero attached hydrogens (tertiary/aromatic N) is 1. The molecule has 1 heterocycles.